The predicted molar refractivity (Wildman–Crippen MR) is 156 cm³/mol. The van der Waals surface area contributed by atoms with Gasteiger partial charge in [0.1, 0.15) is 35.5 Å². The van der Waals surface area contributed by atoms with E-state index in [2.05, 4.69) is 19.1 Å². The van der Waals surface area contributed by atoms with Crippen molar-refractivity contribution in [1.29, 1.82) is 0 Å². The molecule has 1 saturated heterocycles. The molecule has 1 fully saturated rings. The van der Waals surface area contributed by atoms with E-state index in [1.165, 1.54) is 7.11 Å². The Hall–Kier alpha value is -3.33. The van der Waals surface area contributed by atoms with Crippen LogP contribution in [0.1, 0.15) is 62.5 Å². The molecule has 0 aromatic heterocycles. The zero-order chi connectivity index (χ0) is 29.6. The molecule has 222 valence electrons. The van der Waals surface area contributed by atoms with Crippen LogP contribution in [-0.2, 0) is 25.6 Å². The molecular weight excluding hydrogens is 524 g/mol. The minimum atomic E-state index is -0.682. The van der Waals surface area contributed by atoms with Crippen molar-refractivity contribution in [3.8, 4) is 17.2 Å². The monoisotopic (exact) mass is 566 g/mol. The third kappa shape index (κ3) is 7.91. The summed E-state index contributed by atoms with van der Waals surface area (Å²) in [5.41, 5.74) is 1.89. The van der Waals surface area contributed by atoms with Crippen molar-refractivity contribution in [2.24, 2.45) is 11.8 Å². The van der Waals surface area contributed by atoms with Crippen LogP contribution in [0.25, 0.3) is 6.08 Å². The number of methoxy groups -OCH3 is 2. The molecule has 2 aromatic rings. The number of hydrogen-bond acceptors (Lipinski definition) is 8. The number of rotatable bonds is 7. The highest BCUT2D eigenvalue weighted by Gasteiger charge is 2.42. The maximum atomic E-state index is 13.6. The Morgan fingerprint density at radius 1 is 0.927 bits per heavy atom. The summed E-state index contributed by atoms with van der Waals surface area (Å²) < 4.78 is 40.9. The van der Waals surface area contributed by atoms with Gasteiger partial charge in [0, 0.05) is 25.0 Å². The van der Waals surface area contributed by atoms with Crippen LogP contribution >= 0.6 is 0 Å². The lowest BCUT2D eigenvalue weighted by molar-refractivity contribution is -0.148. The zero-order valence-corrected chi connectivity index (χ0v) is 25.0. The Kier molecular flexibility index (Phi) is 10.1. The van der Waals surface area contributed by atoms with E-state index in [9.17, 15) is 4.79 Å². The van der Waals surface area contributed by atoms with Gasteiger partial charge in [0.2, 0.25) is 0 Å². The molecule has 0 spiro atoms. The molecule has 41 heavy (non-hydrogen) atoms. The first-order valence-corrected chi connectivity index (χ1v) is 14.1. The second kappa shape index (κ2) is 13.6. The quantitative estimate of drug-likeness (QED) is 0.212. The molecule has 2 aliphatic rings. The lowest BCUT2D eigenvalue weighted by atomic mass is 9.94. The van der Waals surface area contributed by atoms with E-state index in [0.29, 0.717) is 35.7 Å². The average molecular weight is 567 g/mol. The third-order valence-electron chi connectivity index (χ3n) is 7.36. The minimum Gasteiger partial charge on any atom is -0.497 e. The van der Waals surface area contributed by atoms with E-state index in [1.807, 2.05) is 70.2 Å². The number of hydrogen-bond donors (Lipinski definition) is 0. The van der Waals surface area contributed by atoms with E-state index in [4.69, 9.17) is 33.2 Å². The van der Waals surface area contributed by atoms with Gasteiger partial charge in [0.25, 0.3) is 0 Å². The molecule has 5 atom stereocenters. The fourth-order valence-electron chi connectivity index (χ4n) is 4.94. The van der Waals surface area contributed by atoms with Gasteiger partial charge in [0.15, 0.2) is 12.6 Å². The summed E-state index contributed by atoms with van der Waals surface area (Å²) in [5, 5.41) is 0. The molecule has 8 nitrogen and oxygen atoms in total. The van der Waals surface area contributed by atoms with Crippen LogP contribution in [0.3, 0.4) is 0 Å². The van der Waals surface area contributed by atoms with Gasteiger partial charge in [-0.2, -0.15) is 0 Å². The number of benzene rings is 2. The van der Waals surface area contributed by atoms with Gasteiger partial charge >= 0.3 is 5.97 Å². The molecule has 0 saturated carbocycles. The predicted octanol–water partition coefficient (Wildman–Crippen LogP) is 6.57. The van der Waals surface area contributed by atoms with E-state index in [1.54, 1.807) is 13.2 Å². The molecule has 2 aromatic carbocycles. The van der Waals surface area contributed by atoms with E-state index < -0.39 is 11.8 Å². The van der Waals surface area contributed by atoms with Crippen molar-refractivity contribution < 1.29 is 38.0 Å². The Morgan fingerprint density at radius 2 is 1.66 bits per heavy atom. The standard InChI is InChI=1S/C33H42O8/c1-21-11-12-22(2)31-28(40-33(4,5)41-31)10-8-9-25-17-27(37-19-24-13-15-26(36-7)16-14-24)18-29(38-20-35-6)30(25)32(34)39-23(21)3/h8-9,11-18,21-23,28,31H,10,19-20H2,1-7H3/b9-8+,12-11-/t21-,22?,23?,28?,31?/m1/s1. The van der Waals surface area contributed by atoms with Gasteiger partial charge in [-0.25, -0.2) is 4.79 Å². The molecule has 4 rings (SSSR count). The van der Waals surface area contributed by atoms with Crippen molar-refractivity contribution in [3.05, 3.63) is 71.3 Å². The summed E-state index contributed by atoms with van der Waals surface area (Å²) in [7, 11) is 3.16. The van der Waals surface area contributed by atoms with Crippen LogP contribution in [0.2, 0.25) is 0 Å². The minimum absolute atomic E-state index is 0.0208. The first kappa shape index (κ1) is 30.6. The molecule has 4 unspecified atom stereocenters. The molecule has 0 radical (unpaired) electrons. The highest BCUT2D eigenvalue weighted by Crippen LogP contribution is 2.36. The fraction of sp³-hybridized carbons (Fsp3) is 0.485. The number of ether oxygens (including phenoxy) is 7. The second-order valence-electron chi connectivity index (χ2n) is 11.1. The molecule has 0 aliphatic carbocycles. The van der Waals surface area contributed by atoms with Gasteiger partial charge in [0.05, 0.1) is 19.3 Å². The van der Waals surface area contributed by atoms with Crippen LogP contribution < -0.4 is 14.2 Å². The Morgan fingerprint density at radius 3 is 2.37 bits per heavy atom. The summed E-state index contributed by atoms with van der Waals surface area (Å²) in [6.45, 7) is 10.2. The van der Waals surface area contributed by atoms with Gasteiger partial charge in [-0.05, 0) is 56.5 Å². The van der Waals surface area contributed by atoms with Crippen molar-refractivity contribution in [3.63, 3.8) is 0 Å². The summed E-state index contributed by atoms with van der Waals surface area (Å²) >= 11 is 0. The Labute approximate surface area is 243 Å². The van der Waals surface area contributed by atoms with Crippen LogP contribution in [0, 0.1) is 11.8 Å². The van der Waals surface area contributed by atoms with Crippen molar-refractivity contribution in [2.75, 3.05) is 21.0 Å². The maximum Gasteiger partial charge on any atom is 0.342 e. The SMILES string of the molecule is COCOc1cc(OCc2ccc(OC)cc2)cc2c1C(=O)OC(C)[C@H](C)/C=C\C(C)C1OC(C)(C)OC1C/C=C/2. The summed E-state index contributed by atoms with van der Waals surface area (Å²) in [6, 6.07) is 11.2. The molecular formula is C33H42O8. The summed E-state index contributed by atoms with van der Waals surface area (Å²) in [6.07, 6.45) is 8.05. The number of cyclic esters (lactones) is 1. The maximum absolute atomic E-state index is 13.6. The van der Waals surface area contributed by atoms with Crippen LogP contribution in [0.4, 0.5) is 0 Å². The molecule has 2 heterocycles. The Bertz CT molecular complexity index is 1230. The van der Waals surface area contributed by atoms with E-state index in [0.717, 1.165) is 11.3 Å². The van der Waals surface area contributed by atoms with Gasteiger partial charge in [-0.15, -0.1) is 0 Å². The lowest BCUT2D eigenvalue weighted by Gasteiger charge is -2.23. The fourth-order valence-corrected chi connectivity index (χ4v) is 4.94. The normalized spacial score (nSPS) is 27.5. The lowest BCUT2D eigenvalue weighted by Crippen LogP contribution is -2.29. The highest BCUT2D eigenvalue weighted by atomic mass is 16.8. The summed E-state index contributed by atoms with van der Waals surface area (Å²) in [5.74, 6) is 0.569. The van der Waals surface area contributed by atoms with Crippen LogP contribution in [0.15, 0.2) is 54.6 Å². The number of carbonyl (C=O) groups is 1. The topological polar surface area (TPSA) is 81.7 Å². The highest BCUT2D eigenvalue weighted by molar-refractivity contribution is 5.97. The van der Waals surface area contributed by atoms with Crippen molar-refractivity contribution in [1.82, 2.24) is 0 Å². The van der Waals surface area contributed by atoms with Crippen LogP contribution in [-0.4, -0.2) is 51.1 Å². The number of fused-ring (bicyclic) bond motifs is 2. The largest absolute Gasteiger partial charge is 0.497 e. The average Bonchev–Trinajstić information content (AvgIpc) is 3.27. The molecule has 2 aliphatic heterocycles. The third-order valence-corrected chi connectivity index (χ3v) is 7.36. The first-order valence-electron chi connectivity index (χ1n) is 14.1. The Balaban J connectivity index is 1.71. The van der Waals surface area contributed by atoms with E-state index >= 15 is 0 Å². The second-order valence-corrected chi connectivity index (χ2v) is 11.1. The smallest absolute Gasteiger partial charge is 0.342 e. The van der Waals surface area contributed by atoms with Crippen molar-refractivity contribution >= 4 is 12.0 Å². The van der Waals surface area contributed by atoms with Gasteiger partial charge in [-0.3, -0.25) is 0 Å². The van der Waals surface area contributed by atoms with Gasteiger partial charge < -0.3 is 33.2 Å². The van der Waals surface area contributed by atoms with E-state index in [-0.39, 0.29) is 36.9 Å². The van der Waals surface area contributed by atoms with Gasteiger partial charge in [-0.1, -0.05) is 50.3 Å². The van der Waals surface area contributed by atoms with Crippen molar-refractivity contribution in [2.45, 2.75) is 71.7 Å². The summed E-state index contributed by atoms with van der Waals surface area (Å²) in [4.78, 5) is 13.6. The first-order chi connectivity index (χ1) is 19.6. The molecule has 8 heteroatoms. The number of carbonyl (C=O) groups excluding carboxylic acids is 1. The molecule has 0 bridgehead atoms. The van der Waals surface area contributed by atoms with Crippen LogP contribution in [0.5, 0.6) is 17.2 Å². The zero-order valence-electron chi connectivity index (χ0n) is 25.0. The molecule has 0 amide bonds. The molecule has 0 N–H and O–H groups in total. The number of esters is 1.